The van der Waals surface area contributed by atoms with E-state index in [1.807, 2.05) is 18.2 Å². The fourth-order valence-corrected chi connectivity index (χ4v) is 4.38. The topological polar surface area (TPSA) is 55.8 Å². The monoisotopic (exact) mass is 515 g/mol. The van der Waals surface area contributed by atoms with Gasteiger partial charge in [-0.2, -0.15) is 0 Å². The summed E-state index contributed by atoms with van der Waals surface area (Å²) in [7, 11) is 1.52. The molecule has 29 heavy (non-hydrogen) atoms. The van der Waals surface area contributed by atoms with Gasteiger partial charge in [0.1, 0.15) is 12.4 Å². The van der Waals surface area contributed by atoms with Gasteiger partial charge >= 0.3 is 0 Å². The van der Waals surface area contributed by atoms with Crippen molar-refractivity contribution in [2.24, 2.45) is 0 Å². The molecule has 1 fully saturated rings. The average Bonchev–Trinajstić information content (AvgIpc) is 2.93. The summed E-state index contributed by atoms with van der Waals surface area (Å²) in [5.41, 5.74) is 1.59. The van der Waals surface area contributed by atoms with Crippen LogP contribution in [0.3, 0.4) is 0 Å². The van der Waals surface area contributed by atoms with Crippen LogP contribution in [-0.2, 0) is 16.1 Å². The summed E-state index contributed by atoms with van der Waals surface area (Å²) in [6, 6.07) is 10.7. The lowest BCUT2D eigenvalue weighted by Gasteiger charge is -2.11. The van der Waals surface area contributed by atoms with Crippen molar-refractivity contribution in [1.29, 1.82) is 0 Å². The SMILES string of the molecule is COCCN1C(=O)S/C(=C/c2ccc(OCc3ccc(Cl)cc3Cl)c(Br)c2)C1=O. The van der Waals surface area contributed by atoms with Gasteiger partial charge in [0.05, 0.1) is 22.5 Å². The molecule has 1 aliphatic rings. The van der Waals surface area contributed by atoms with Crippen LogP contribution >= 0.6 is 50.9 Å². The number of carbonyl (C=O) groups excluding carboxylic acids is 2. The molecule has 3 rings (SSSR count). The zero-order chi connectivity index (χ0) is 21.0. The molecule has 0 N–H and O–H groups in total. The van der Waals surface area contributed by atoms with Crippen molar-refractivity contribution < 1.29 is 19.1 Å². The van der Waals surface area contributed by atoms with E-state index in [-0.39, 0.29) is 24.3 Å². The third kappa shape index (κ3) is 5.55. The van der Waals surface area contributed by atoms with Gasteiger partial charge in [-0.3, -0.25) is 14.5 Å². The number of ether oxygens (including phenoxy) is 2. The summed E-state index contributed by atoms with van der Waals surface area (Å²) in [4.78, 5) is 26.0. The molecular formula is C20H16BrCl2NO4S. The molecule has 0 saturated carbocycles. The number of rotatable bonds is 7. The highest BCUT2D eigenvalue weighted by atomic mass is 79.9. The second-order valence-corrected chi connectivity index (χ2v) is 8.73. The van der Waals surface area contributed by atoms with Crippen molar-refractivity contribution in [3.05, 3.63) is 66.9 Å². The van der Waals surface area contributed by atoms with Crippen LogP contribution in [0.25, 0.3) is 6.08 Å². The van der Waals surface area contributed by atoms with Crippen LogP contribution in [0.5, 0.6) is 5.75 Å². The molecule has 2 aromatic rings. The molecule has 0 radical (unpaired) electrons. The molecule has 2 aromatic carbocycles. The van der Waals surface area contributed by atoms with Crippen molar-refractivity contribution in [1.82, 2.24) is 4.90 Å². The van der Waals surface area contributed by atoms with Gasteiger partial charge < -0.3 is 9.47 Å². The van der Waals surface area contributed by atoms with E-state index in [4.69, 9.17) is 32.7 Å². The van der Waals surface area contributed by atoms with E-state index in [0.29, 0.717) is 27.3 Å². The van der Waals surface area contributed by atoms with Gasteiger partial charge in [0, 0.05) is 22.7 Å². The van der Waals surface area contributed by atoms with E-state index in [1.54, 1.807) is 24.3 Å². The van der Waals surface area contributed by atoms with Gasteiger partial charge in [-0.1, -0.05) is 35.3 Å². The number of carbonyl (C=O) groups is 2. The minimum Gasteiger partial charge on any atom is -0.488 e. The predicted octanol–water partition coefficient (Wildman–Crippen LogP) is 6.02. The first kappa shape index (κ1) is 22.2. The van der Waals surface area contributed by atoms with Crippen molar-refractivity contribution >= 4 is 68.1 Å². The molecule has 1 aliphatic heterocycles. The van der Waals surface area contributed by atoms with Crippen LogP contribution in [0.15, 0.2) is 45.8 Å². The van der Waals surface area contributed by atoms with Crippen LogP contribution in [0, 0.1) is 0 Å². The maximum atomic E-state index is 12.4. The van der Waals surface area contributed by atoms with E-state index < -0.39 is 0 Å². The predicted molar refractivity (Wildman–Crippen MR) is 119 cm³/mol. The Labute approximate surface area is 191 Å². The second kappa shape index (κ2) is 10.00. The van der Waals surface area contributed by atoms with E-state index in [2.05, 4.69) is 15.9 Å². The Morgan fingerprint density at radius 1 is 1.17 bits per heavy atom. The number of amides is 2. The van der Waals surface area contributed by atoms with Crippen molar-refractivity contribution in [3.8, 4) is 5.75 Å². The highest BCUT2D eigenvalue weighted by Crippen LogP contribution is 2.34. The van der Waals surface area contributed by atoms with Crippen LogP contribution < -0.4 is 4.74 Å². The van der Waals surface area contributed by atoms with Gasteiger partial charge in [0.2, 0.25) is 0 Å². The van der Waals surface area contributed by atoms with Crippen LogP contribution in [-0.4, -0.2) is 36.3 Å². The van der Waals surface area contributed by atoms with E-state index in [9.17, 15) is 9.59 Å². The normalized spacial score (nSPS) is 15.4. The third-order valence-corrected chi connectivity index (χ3v) is 6.16. The van der Waals surface area contributed by atoms with E-state index in [1.165, 1.54) is 12.0 Å². The van der Waals surface area contributed by atoms with Gasteiger partial charge in [-0.25, -0.2) is 0 Å². The number of hydrogen-bond donors (Lipinski definition) is 0. The highest BCUT2D eigenvalue weighted by molar-refractivity contribution is 9.10. The van der Waals surface area contributed by atoms with Crippen LogP contribution in [0.4, 0.5) is 4.79 Å². The summed E-state index contributed by atoms with van der Waals surface area (Å²) >= 11 is 16.5. The maximum absolute atomic E-state index is 12.4. The molecule has 1 heterocycles. The highest BCUT2D eigenvalue weighted by Gasteiger charge is 2.34. The maximum Gasteiger partial charge on any atom is 0.293 e. The summed E-state index contributed by atoms with van der Waals surface area (Å²) in [6.45, 7) is 0.828. The van der Waals surface area contributed by atoms with Crippen molar-refractivity contribution in [3.63, 3.8) is 0 Å². The second-order valence-electron chi connectivity index (χ2n) is 6.04. The number of hydrogen-bond acceptors (Lipinski definition) is 5. The molecule has 0 unspecified atom stereocenters. The number of methoxy groups -OCH3 is 1. The zero-order valence-corrected chi connectivity index (χ0v) is 19.2. The van der Waals surface area contributed by atoms with Crippen molar-refractivity contribution in [2.75, 3.05) is 20.3 Å². The minimum absolute atomic E-state index is 0.238. The molecule has 0 atom stereocenters. The smallest absolute Gasteiger partial charge is 0.293 e. The fourth-order valence-electron chi connectivity index (χ4n) is 2.54. The fraction of sp³-hybridized carbons (Fsp3) is 0.200. The molecular weight excluding hydrogens is 501 g/mol. The molecule has 0 spiro atoms. The van der Waals surface area contributed by atoms with E-state index >= 15 is 0 Å². The number of halogens is 3. The molecule has 152 valence electrons. The van der Waals surface area contributed by atoms with Crippen molar-refractivity contribution in [2.45, 2.75) is 6.61 Å². The van der Waals surface area contributed by atoms with Gasteiger partial charge in [-0.05, 0) is 63.6 Å². The first-order chi connectivity index (χ1) is 13.9. The zero-order valence-electron chi connectivity index (χ0n) is 15.3. The van der Waals surface area contributed by atoms with Crippen LogP contribution in [0.1, 0.15) is 11.1 Å². The third-order valence-electron chi connectivity index (χ3n) is 4.04. The summed E-state index contributed by atoms with van der Waals surface area (Å²) in [5, 5.41) is 0.808. The number of benzene rings is 2. The molecule has 1 saturated heterocycles. The quantitative estimate of drug-likeness (QED) is 0.421. The standard InChI is InChI=1S/C20H16BrCl2NO4S/c1-27-7-6-24-19(25)18(29-20(24)26)9-12-2-5-17(15(21)8-12)28-11-13-3-4-14(22)10-16(13)23/h2-5,8-10H,6-7,11H2,1H3/b18-9+. The summed E-state index contributed by atoms with van der Waals surface area (Å²) in [6.07, 6.45) is 1.68. The lowest BCUT2D eigenvalue weighted by Crippen LogP contribution is -2.31. The summed E-state index contributed by atoms with van der Waals surface area (Å²) < 4.78 is 11.5. The van der Waals surface area contributed by atoms with Gasteiger partial charge in [-0.15, -0.1) is 0 Å². The molecule has 9 heteroatoms. The largest absolute Gasteiger partial charge is 0.488 e. The Morgan fingerprint density at radius 2 is 1.97 bits per heavy atom. The number of imide groups is 1. The van der Waals surface area contributed by atoms with Gasteiger partial charge in [0.25, 0.3) is 11.1 Å². The van der Waals surface area contributed by atoms with Crippen LogP contribution in [0.2, 0.25) is 10.0 Å². The minimum atomic E-state index is -0.314. The molecule has 0 aliphatic carbocycles. The molecule has 0 aromatic heterocycles. The molecule has 2 amide bonds. The number of nitrogens with zero attached hydrogens (tertiary/aromatic N) is 1. The average molecular weight is 517 g/mol. The lowest BCUT2D eigenvalue weighted by molar-refractivity contribution is -0.123. The molecule has 5 nitrogen and oxygen atoms in total. The Balaban J connectivity index is 1.70. The number of thioether (sulfide) groups is 1. The van der Waals surface area contributed by atoms with E-state index in [0.717, 1.165) is 27.4 Å². The Kier molecular flexibility index (Phi) is 7.65. The molecule has 0 bridgehead atoms. The van der Waals surface area contributed by atoms with Gasteiger partial charge in [0.15, 0.2) is 0 Å². The Hall–Kier alpha value is -1.51. The summed E-state index contributed by atoms with van der Waals surface area (Å²) in [5.74, 6) is 0.312. The lowest BCUT2D eigenvalue weighted by atomic mass is 10.2. The Bertz CT molecular complexity index is 983. The Morgan fingerprint density at radius 3 is 2.66 bits per heavy atom. The first-order valence-corrected chi connectivity index (χ1v) is 10.9. The first-order valence-electron chi connectivity index (χ1n) is 8.49.